The Hall–Kier alpha value is -3.81. The van der Waals surface area contributed by atoms with E-state index in [-0.39, 0.29) is 24.6 Å². The SMILES string of the molecule is COc1ccc(CNC(=O)Cn2nc(-c3ccccc3OC)ccc2=O)cc1OC. The van der Waals surface area contributed by atoms with Crippen LogP contribution in [0, 0.1) is 0 Å². The Balaban J connectivity index is 1.72. The zero-order chi connectivity index (χ0) is 21.5. The van der Waals surface area contributed by atoms with Gasteiger partial charge >= 0.3 is 0 Å². The lowest BCUT2D eigenvalue weighted by atomic mass is 10.1. The summed E-state index contributed by atoms with van der Waals surface area (Å²) >= 11 is 0. The average Bonchev–Trinajstić information content (AvgIpc) is 2.78. The van der Waals surface area contributed by atoms with Crippen molar-refractivity contribution in [1.82, 2.24) is 15.1 Å². The number of hydrogen-bond donors (Lipinski definition) is 1. The smallest absolute Gasteiger partial charge is 0.267 e. The van der Waals surface area contributed by atoms with E-state index in [9.17, 15) is 9.59 Å². The highest BCUT2D eigenvalue weighted by Gasteiger charge is 2.11. The summed E-state index contributed by atoms with van der Waals surface area (Å²) in [4.78, 5) is 24.6. The molecule has 0 aliphatic rings. The van der Waals surface area contributed by atoms with Crippen LogP contribution in [-0.4, -0.2) is 37.0 Å². The van der Waals surface area contributed by atoms with Crippen LogP contribution < -0.4 is 25.1 Å². The van der Waals surface area contributed by atoms with Gasteiger partial charge in [0.25, 0.3) is 5.56 Å². The lowest BCUT2D eigenvalue weighted by Gasteiger charge is -2.12. The number of nitrogens with zero attached hydrogens (tertiary/aromatic N) is 2. The Bertz CT molecular complexity index is 1090. The first-order valence-electron chi connectivity index (χ1n) is 9.25. The van der Waals surface area contributed by atoms with Crippen molar-refractivity contribution in [3.05, 3.63) is 70.5 Å². The lowest BCUT2D eigenvalue weighted by molar-refractivity contribution is -0.122. The molecule has 0 fully saturated rings. The molecule has 3 aromatic rings. The minimum absolute atomic E-state index is 0.199. The highest BCUT2D eigenvalue weighted by Crippen LogP contribution is 2.28. The van der Waals surface area contributed by atoms with Crippen molar-refractivity contribution in [2.75, 3.05) is 21.3 Å². The van der Waals surface area contributed by atoms with Crippen LogP contribution in [-0.2, 0) is 17.9 Å². The molecule has 0 aliphatic carbocycles. The Kier molecular flexibility index (Phi) is 6.69. The van der Waals surface area contributed by atoms with E-state index in [1.165, 1.54) is 6.07 Å². The number of para-hydroxylation sites is 1. The van der Waals surface area contributed by atoms with Crippen LogP contribution in [0.2, 0.25) is 0 Å². The minimum Gasteiger partial charge on any atom is -0.496 e. The molecule has 1 N–H and O–H groups in total. The van der Waals surface area contributed by atoms with Gasteiger partial charge in [0.1, 0.15) is 12.3 Å². The van der Waals surface area contributed by atoms with E-state index in [2.05, 4.69) is 10.4 Å². The van der Waals surface area contributed by atoms with Gasteiger partial charge in [-0.05, 0) is 35.9 Å². The highest BCUT2D eigenvalue weighted by atomic mass is 16.5. The van der Waals surface area contributed by atoms with Crippen LogP contribution in [0.25, 0.3) is 11.3 Å². The molecular formula is C22H23N3O5. The van der Waals surface area contributed by atoms with Gasteiger partial charge in [0.05, 0.1) is 27.0 Å². The van der Waals surface area contributed by atoms with Crippen LogP contribution in [0.1, 0.15) is 5.56 Å². The molecule has 0 bridgehead atoms. The highest BCUT2D eigenvalue weighted by molar-refractivity contribution is 5.75. The molecular weight excluding hydrogens is 386 g/mol. The summed E-state index contributed by atoms with van der Waals surface area (Å²) in [5.41, 5.74) is 1.75. The molecule has 0 spiro atoms. The predicted molar refractivity (Wildman–Crippen MR) is 112 cm³/mol. The van der Waals surface area contributed by atoms with Gasteiger partial charge in [-0.2, -0.15) is 5.10 Å². The van der Waals surface area contributed by atoms with Crippen molar-refractivity contribution in [2.24, 2.45) is 0 Å². The second-order valence-electron chi connectivity index (χ2n) is 6.38. The van der Waals surface area contributed by atoms with Crippen LogP contribution in [0.15, 0.2) is 59.4 Å². The van der Waals surface area contributed by atoms with Gasteiger partial charge in [0.15, 0.2) is 11.5 Å². The van der Waals surface area contributed by atoms with Crippen LogP contribution >= 0.6 is 0 Å². The Morgan fingerprint density at radius 1 is 0.933 bits per heavy atom. The van der Waals surface area contributed by atoms with Crippen LogP contribution in [0.3, 0.4) is 0 Å². The standard InChI is InChI=1S/C22H23N3O5/c1-28-18-7-5-4-6-16(18)17-9-11-22(27)25(24-17)14-21(26)23-13-15-8-10-19(29-2)20(12-15)30-3/h4-12H,13-14H2,1-3H3,(H,23,26). The molecule has 0 aliphatic heterocycles. The van der Waals surface area contributed by atoms with E-state index in [0.717, 1.165) is 15.8 Å². The van der Waals surface area contributed by atoms with E-state index in [1.54, 1.807) is 39.5 Å². The third kappa shape index (κ3) is 4.78. The average molecular weight is 409 g/mol. The maximum atomic E-state index is 12.4. The van der Waals surface area contributed by atoms with Crippen molar-refractivity contribution in [3.8, 4) is 28.5 Å². The van der Waals surface area contributed by atoms with Crippen molar-refractivity contribution in [1.29, 1.82) is 0 Å². The first-order valence-corrected chi connectivity index (χ1v) is 9.25. The molecule has 0 atom stereocenters. The summed E-state index contributed by atoms with van der Waals surface area (Å²) in [5.74, 6) is 1.48. The Morgan fingerprint density at radius 3 is 2.40 bits per heavy atom. The topological polar surface area (TPSA) is 91.7 Å². The van der Waals surface area contributed by atoms with E-state index >= 15 is 0 Å². The first-order chi connectivity index (χ1) is 14.5. The summed E-state index contributed by atoms with van der Waals surface area (Å²) in [7, 11) is 4.67. The molecule has 3 rings (SSSR count). The largest absolute Gasteiger partial charge is 0.496 e. The number of ether oxygens (including phenoxy) is 3. The number of carbonyl (C=O) groups excluding carboxylic acids is 1. The molecule has 0 saturated heterocycles. The van der Waals surface area contributed by atoms with Crippen molar-refractivity contribution in [2.45, 2.75) is 13.1 Å². The van der Waals surface area contributed by atoms with E-state index in [0.29, 0.717) is 22.9 Å². The summed E-state index contributed by atoms with van der Waals surface area (Å²) in [6.45, 7) is 0.0786. The van der Waals surface area contributed by atoms with Crippen LogP contribution in [0.5, 0.6) is 17.2 Å². The number of hydrogen-bond acceptors (Lipinski definition) is 6. The van der Waals surface area contributed by atoms with Crippen molar-refractivity contribution in [3.63, 3.8) is 0 Å². The third-order valence-electron chi connectivity index (χ3n) is 4.48. The Labute approximate surface area is 174 Å². The third-order valence-corrected chi connectivity index (χ3v) is 4.48. The van der Waals surface area contributed by atoms with Gasteiger partial charge in [-0.1, -0.05) is 18.2 Å². The lowest BCUT2D eigenvalue weighted by Crippen LogP contribution is -2.33. The number of nitrogens with one attached hydrogen (secondary N) is 1. The number of amides is 1. The maximum Gasteiger partial charge on any atom is 0.267 e. The fraction of sp³-hybridized carbons (Fsp3) is 0.227. The Morgan fingerprint density at radius 2 is 1.67 bits per heavy atom. The molecule has 1 amide bonds. The molecule has 156 valence electrons. The second-order valence-corrected chi connectivity index (χ2v) is 6.38. The number of methoxy groups -OCH3 is 3. The zero-order valence-corrected chi connectivity index (χ0v) is 17.0. The first kappa shape index (κ1) is 20.9. The molecule has 0 radical (unpaired) electrons. The monoisotopic (exact) mass is 409 g/mol. The van der Waals surface area contributed by atoms with Gasteiger partial charge in [0.2, 0.25) is 5.91 Å². The fourth-order valence-electron chi connectivity index (χ4n) is 2.95. The van der Waals surface area contributed by atoms with E-state index in [1.807, 2.05) is 30.3 Å². The summed E-state index contributed by atoms with van der Waals surface area (Å²) in [6.07, 6.45) is 0. The number of rotatable bonds is 8. The number of aromatic nitrogens is 2. The molecule has 1 heterocycles. The fourth-order valence-corrected chi connectivity index (χ4v) is 2.95. The quantitative estimate of drug-likeness (QED) is 0.614. The van der Waals surface area contributed by atoms with Crippen molar-refractivity contribution < 1.29 is 19.0 Å². The summed E-state index contributed by atoms with van der Waals surface area (Å²) in [6, 6.07) is 15.7. The van der Waals surface area contributed by atoms with E-state index < -0.39 is 0 Å². The van der Waals surface area contributed by atoms with Crippen LogP contribution in [0.4, 0.5) is 0 Å². The normalized spacial score (nSPS) is 10.4. The van der Waals surface area contributed by atoms with Gasteiger partial charge in [0, 0.05) is 18.2 Å². The van der Waals surface area contributed by atoms with Gasteiger partial charge in [-0.15, -0.1) is 0 Å². The zero-order valence-electron chi connectivity index (χ0n) is 17.0. The minimum atomic E-state index is -0.366. The van der Waals surface area contributed by atoms with Gasteiger partial charge < -0.3 is 19.5 Å². The van der Waals surface area contributed by atoms with Crippen molar-refractivity contribution >= 4 is 5.91 Å². The number of benzene rings is 2. The number of carbonyl (C=O) groups is 1. The van der Waals surface area contributed by atoms with Gasteiger partial charge in [-0.25, -0.2) is 4.68 Å². The molecule has 1 aromatic heterocycles. The molecule has 8 nitrogen and oxygen atoms in total. The summed E-state index contributed by atoms with van der Waals surface area (Å²) in [5, 5.41) is 7.11. The predicted octanol–water partition coefficient (Wildman–Crippen LogP) is 2.25. The molecule has 0 saturated carbocycles. The van der Waals surface area contributed by atoms with Gasteiger partial charge in [-0.3, -0.25) is 9.59 Å². The maximum absolute atomic E-state index is 12.4. The van der Waals surface area contributed by atoms with E-state index in [4.69, 9.17) is 14.2 Å². The molecule has 2 aromatic carbocycles. The summed E-state index contributed by atoms with van der Waals surface area (Å²) < 4.78 is 17.0. The second kappa shape index (κ2) is 9.60. The molecule has 30 heavy (non-hydrogen) atoms. The molecule has 8 heteroatoms. The molecule has 0 unspecified atom stereocenters.